The predicted molar refractivity (Wildman–Crippen MR) is 68.8 cm³/mol. The Labute approximate surface area is 102 Å². The van der Waals surface area contributed by atoms with E-state index in [1.54, 1.807) is 0 Å². The molecule has 0 spiro atoms. The normalized spacial score (nSPS) is 17.6. The van der Waals surface area contributed by atoms with Gasteiger partial charge in [0.25, 0.3) is 0 Å². The molecule has 0 aliphatic heterocycles. The van der Waals surface area contributed by atoms with Crippen LogP contribution >= 0.6 is 11.3 Å². The van der Waals surface area contributed by atoms with E-state index in [4.69, 9.17) is 5.11 Å². The molecule has 0 amide bonds. The molecule has 0 atom stereocenters. The van der Waals surface area contributed by atoms with Crippen LogP contribution in [0, 0.1) is 5.41 Å². The van der Waals surface area contributed by atoms with Crippen molar-refractivity contribution in [1.29, 1.82) is 0 Å². The van der Waals surface area contributed by atoms with Gasteiger partial charge in [-0.1, -0.05) is 6.92 Å². The fourth-order valence-corrected chi connectivity index (χ4v) is 3.01. The standard InChI is InChI=1S/C13H21NOS/c1-2-11-3-4-12(16-11)9-14-10-13(5-6-13)7-8-15/h3-4,14-15H,2,5-10H2,1H3. The van der Waals surface area contributed by atoms with Gasteiger partial charge in [-0.15, -0.1) is 11.3 Å². The van der Waals surface area contributed by atoms with Crippen molar-refractivity contribution in [3.05, 3.63) is 21.9 Å². The van der Waals surface area contributed by atoms with Gasteiger partial charge in [0.05, 0.1) is 0 Å². The minimum Gasteiger partial charge on any atom is -0.396 e. The molecule has 16 heavy (non-hydrogen) atoms. The van der Waals surface area contributed by atoms with Gasteiger partial charge in [0.2, 0.25) is 0 Å². The number of rotatable bonds is 7. The molecule has 1 heterocycles. The molecule has 1 saturated carbocycles. The molecule has 1 aliphatic rings. The third kappa shape index (κ3) is 3.06. The SMILES string of the molecule is CCc1ccc(CNCC2(CCO)CC2)s1. The van der Waals surface area contributed by atoms with E-state index in [1.807, 2.05) is 11.3 Å². The first kappa shape index (κ1) is 12.1. The maximum atomic E-state index is 8.97. The molecule has 0 unspecified atom stereocenters. The molecule has 2 nitrogen and oxygen atoms in total. The van der Waals surface area contributed by atoms with Crippen LogP contribution in [0.2, 0.25) is 0 Å². The lowest BCUT2D eigenvalue weighted by molar-refractivity contribution is 0.245. The number of aryl methyl sites for hydroxylation is 1. The van der Waals surface area contributed by atoms with E-state index in [0.29, 0.717) is 12.0 Å². The monoisotopic (exact) mass is 239 g/mol. The molecular formula is C13H21NOS. The van der Waals surface area contributed by atoms with Gasteiger partial charge in [-0.05, 0) is 43.2 Å². The lowest BCUT2D eigenvalue weighted by Gasteiger charge is -2.13. The van der Waals surface area contributed by atoms with Crippen molar-refractivity contribution in [3.63, 3.8) is 0 Å². The zero-order chi connectivity index (χ0) is 11.4. The smallest absolute Gasteiger partial charge is 0.0436 e. The third-order valence-corrected chi connectivity index (χ3v) is 4.69. The lowest BCUT2D eigenvalue weighted by atomic mass is 10.0. The summed E-state index contributed by atoms with van der Waals surface area (Å²) in [6.45, 7) is 4.58. The van der Waals surface area contributed by atoms with Crippen LogP contribution in [0.1, 0.15) is 35.9 Å². The minimum absolute atomic E-state index is 0.334. The van der Waals surface area contributed by atoms with Crippen LogP contribution in [0.25, 0.3) is 0 Å². The van der Waals surface area contributed by atoms with Crippen LogP contribution in [-0.2, 0) is 13.0 Å². The van der Waals surface area contributed by atoms with Crippen molar-refractivity contribution in [2.75, 3.05) is 13.2 Å². The lowest BCUT2D eigenvalue weighted by Crippen LogP contribution is -2.24. The van der Waals surface area contributed by atoms with Crippen LogP contribution in [-0.4, -0.2) is 18.3 Å². The van der Waals surface area contributed by atoms with Gasteiger partial charge < -0.3 is 10.4 Å². The van der Waals surface area contributed by atoms with Crippen molar-refractivity contribution in [1.82, 2.24) is 5.32 Å². The highest BCUT2D eigenvalue weighted by molar-refractivity contribution is 7.11. The molecule has 2 N–H and O–H groups in total. The van der Waals surface area contributed by atoms with E-state index < -0.39 is 0 Å². The van der Waals surface area contributed by atoms with Crippen LogP contribution in [0.4, 0.5) is 0 Å². The second-order valence-electron chi connectivity index (χ2n) is 4.80. The van der Waals surface area contributed by atoms with Gasteiger partial charge in [0.1, 0.15) is 0 Å². The number of hydrogen-bond acceptors (Lipinski definition) is 3. The molecule has 0 radical (unpaired) electrons. The van der Waals surface area contributed by atoms with E-state index in [9.17, 15) is 0 Å². The maximum Gasteiger partial charge on any atom is 0.0436 e. The molecule has 0 saturated heterocycles. The highest BCUT2D eigenvalue weighted by Gasteiger charge is 2.41. The Bertz CT molecular complexity index is 330. The second-order valence-corrected chi connectivity index (χ2v) is 6.05. The van der Waals surface area contributed by atoms with Crippen molar-refractivity contribution in [2.24, 2.45) is 5.41 Å². The largest absolute Gasteiger partial charge is 0.396 e. The molecule has 0 bridgehead atoms. The van der Waals surface area contributed by atoms with E-state index in [-0.39, 0.29) is 0 Å². The Morgan fingerprint density at radius 1 is 1.38 bits per heavy atom. The summed E-state index contributed by atoms with van der Waals surface area (Å²) in [6, 6.07) is 4.45. The Morgan fingerprint density at radius 2 is 2.12 bits per heavy atom. The summed E-state index contributed by atoms with van der Waals surface area (Å²) in [5.74, 6) is 0. The van der Waals surface area contributed by atoms with E-state index in [2.05, 4.69) is 24.4 Å². The van der Waals surface area contributed by atoms with Crippen molar-refractivity contribution < 1.29 is 5.11 Å². The van der Waals surface area contributed by atoms with Crippen LogP contribution < -0.4 is 5.32 Å². The highest BCUT2D eigenvalue weighted by atomic mass is 32.1. The molecule has 1 aromatic heterocycles. The highest BCUT2D eigenvalue weighted by Crippen LogP contribution is 2.47. The molecule has 0 aromatic carbocycles. The molecule has 90 valence electrons. The number of hydrogen-bond donors (Lipinski definition) is 2. The minimum atomic E-state index is 0.334. The fraction of sp³-hybridized carbons (Fsp3) is 0.692. The molecule has 2 rings (SSSR count). The van der Waals surface area contributed by atoms with E-state index in [0.717, 1.165) is 25.9 Å². The zero-order valence-corrected chi connectivity index (χ0v) is 10.8. The first-order valence-electron chi connectivity index (χ1n) is 6.17. The summed E-state index contributed by atoms with van der Waals surface area (Å²) in [6.07, 6.45) is 4.67. The van der Waals surface area contributed by atoms with Crippen molar-refractivity contribution >= 4 is 11.3 Å². The summed E-state index contributed by atoms with van der Waals surface area (Å²) in [5, 5.41) is 12.5. The van der Waals surface area contributed by atoms with Crippen LogP contribution in [0.3, 0.4) is 0 Å². The molecule has 1 aromatic rings. The van der Waals surface area contributed by atoms with Gasteiger partial charge >= 0.3 is 0 Å². The topological polar surface area (TPSA) is 32.3 Å². The molecule has 3 heteroatoms. The van der Waals surface area contributed by atoms with Gasteiger partial charge in [-0.2, -0.15) is 0 Å². The van der Waals surface area contributed by atoms with Gasteiger partial charge in [0, 0.05) is 29.5 Å². The van der Waals surface area contributed by atoms with Gasteiger partial charge in [0.15, 0.2) is 0 Å². The predicted octanol–water partition coefficient (Wildman–Crippen LogP) is 2.56. The Kier molecular flexibility index (Phi) is 4.00. The molecular weight excluding hydrogens is 218 g/mol. The molecule has 1 aliphatic carbocycles. The van der Waals surface area contributed by atoms with Gasteiger partial charge in [-0.3, -0.25) is 0 Å². The van der Waals surface area contributed by atoms with E-state index in [1.165, 1.54) is 22.6 Å². The quantitative estimate of drug-likeness (QED) is 0.766. The first-order valence-corrected chi connectivity index (χ1v) is 6.99. The molecule has 1 fully saturated rings. The summed E-state index contributed by atoms with van der Waals surface area (Å²) in [4.78, 5) is 2.89. The Hall–Kier alpha value is -0.380. The van der Waals surface area contributed by atoms with Gasteiger partial charge in [-0.25, -0.2) is 0 Å². The zero-order valence-electron chi connectivity index (χ0n) is 9.96. The van der Waals surface area contributed by atoms with Crippen LogP contribution in [0.5, 0.6) is 0 Å². The fourth-order valence-electron chi connectivity index (χ4n) is 2.09. The first-order chi connectivity index (χ1) is 7.78. The second kappa shape index (κ2) is 5.30. The Balaban J connectivity index is 1.71. The average molecular weight is 239 g/mol. The number of aliphatic hydroxyl groups is 1. The maximum absolute atomic E-state index is 8.97. The summed E-state index contributed by atoms with van der Waals surface area (Å²) < 4.78 is 0. The Morgan fingerprint density at radius 3 is 2.69 bits per heavy atom. The third-order valence-electron chi connectivity index (χ3n) is 3.46. The average Bonchev–Trinajstić information content (AvgIpc) is 2.89. The summed E-state index contributed by atoms with van der Waals surface area (Å²) in [7, 11) is 0. The van der Waals surface area contributed by atoms with Crippen molar-refractivity contribution in [3.8, 4) is 0 Å². The van der Waals surface area contributed by atoms with Crippen LogP contribution in [0.15, 0.2) is 12.1 Å². The number of thiophene rings is 1. The number of aliphatic hydroxyl groups excluding tert-OH is 1. The summed E-state index contributed by atoms with van der Waals surface area (Å²) >= 11 is 1.91. The van der Waals surface area contributed by atoms with E-state index >= 15 is 0 Å². The number of nitrogens with one attached hydrogen (secondary N) is 1. The summed E-state index contributed by atoms with van der Waals surface area (Å²) in [5.41, 5.74) is 0.430. The van der Waals surface area contributed by atoms with Crippen molar-refractivity contribution in [2.45, 2.75) is 39.2 Å².